The van der Waals surface area contributed by atoms with Crippen LogP contribution in [0.4, 0.5) is 0 Å². The van der Waals surface area contributed by atoms with E-state index < -0.39 is 0 Å². The lowest BCUT2D eigenvalue weighted by Crippen LogP contribution is -2.29. The maximum Gasteiger partial charge on any atom is 0.102 e. The Morgan fingerprint density at radius 3 is 2.81 bits per heavy atom. The van der Waals surface area contributed by atoms with Crippen LogP contribution in [-0.4, -0.2) is 15.5 Å². The Kier molecular flexibility index (Phi) is 3.28. The van der Waals surface area contributed by atoms with Gasteiger partial charge in [-0.3, -0.25) is 4.72 Å². The molecule has 2 rings (SSSR count). The summed E-state index contributed by atoms with van der Waals surface area (Å²) in [6.07, 6.45) is 1.71. The Labute approximate surface area is 108 Å². The fourth-order valence-corrected chi connectivity index (χ4v) is 2.74. The minimum atomic E-state index is 0.0973. The van der Waals surface area contributed by atoms with E-state index in [0.29, 0.717) is 0 Å². The van der Waals surface area contributed by atoms with Crippen LogP contribution in [0.3, 0.4) is 0 Å². The second kappa shape index (κ2) is 4.39. The highest BCUT2D eigenvalue weighted by atomic mass is 79.9. The molecule has 0 fully saturated rings. The molecule has 0 aliphatic rings. The summed E-state index contributed by atoms with van der Waals surface area (Å²) in [5.41, 5.74) is 2.12. The lowest BCUT2D eigenvalue weighted by molar-refractivity contribution is 0.535. The van der Waals surface area contributed by atoms with Crippen LogP contribution in [0, 0.1) is 0 Å². The third-order valence-electron chi connectivity index (χ3n) is 1.93. The van der Waals surface area contributed by atoms with Crippen LogP contribution in [-0.2, 0) is 0 Å². The number of halogens is 1. The average Bonchev–Trinajstić information content (AvgIpc) is 2.62. The molecule has 16 heavy (non-hydrogen) atoms. The zero-order valence-electron chi connectivity index (χ0n) is 9.47. The summed E-state index contributed by atoms with van der Waals surface area (Å²) in [6, 6.07) is 4.17. The number of benzene rings is 1. The number of hydrogen-bond acceptors (Lipinski definition) is 3. The van der Waals surface area contributed by atoms with Crippen molar-refractivity contribution in [1.82, 2.24) is 14.7 Å². The van der Waals surface area contributed by atoms with E-state index in [9.17, 15) is 0 Å². The van der Waals surface area contributed by atoms with Gasteiger partial charge in [-0.25, -0.2) is 4.98 Å². The fourth-order valence-electron chi connectivity index (χ4n) is 1.25. The van der Waals surface area contributed by atoms with Gasteiger partial charge in [0.15, 0.2) is 0 Å². The molecule has 0 spiro atoms. The van der Waals surface area contributed by atoms with Crippen LogP contribution >= 0.6 is 27.9 Å². The first-order valence-electron chi connectivity index (χ1n) is 5.02. The fraction of sp³-hybridized carbons (Fsp3) is 0.364. The van der Waals surface area contributed by atoms with Gasteiger partial charge in [0.1, 0.15) is 5.52 Å². The Morgan fingerprint density at radius 2 is 2.12 bits per heavy atom. The molecule has 86 valence electrons. The van der Waals surface area contributed by atoms with Crippen LogP contribution in [0.1, 0.15) is 20.8 Å². The van der Waals surface area contributed by atoms with Gasteiger partial charge in [-0.15, -0.1) is 0 Å². The zero-order valence-corrected chi connectivity index (χ0v) is 11.9. The Balaban J connectivity index is 2.25. The molecule has 0 radical (unpaired) electrons. The van der Waals surface area contributed by atoms with Crippen LogP contribution in [0.5, 0.6) is 0 Å². The second-order valence-corrected chi connectivity index (χ2v) is 6.39. The quantitative estimate of drug-likeness (QED) is 0.830. The molecular weight excluding hydrogens is 286 g/mol. The van der Waals surface area contributed by atoms with Crippen LogP contribution in [0.25, 0.3) is 11.0 Å². The minimum absolute atomic E-state index is 0.0973. The van der Waals surface area contributed by atoms with Crippen molar-refractivity contribution in [3.8, 4) is 0 Å². The van der Waals surface area contributed by atoms with Crippen molar-refractivity contribution in [3.63, 3.8) is 0 Å². The summed E-state index contributed by atoms with van der Waals surface area (Å²) in [5, 5.41) is 0. The third kappa shape index (κ3) is 2.78. The van der Waals surface area contributed by atoms with Gasteiger partial charge >= 0.3 is 0 Å². The van der Waals surface area contributed by atoms with E-state index in [1.54, 1.807) is 18.3 Å². The monoisotopic (exact) mass is 299 g/mol. The summed E-state index contributed by atoms with van der Waals surface area (Å²) in [5.74, 6) is 0. The molecule has 0 bridgehead atoms. The predicted molar refractivity (Wildman–Crippen MR) is 72.5 cm³/mol. The molecule has 5 heteroatoms. The van der Waals surface area contributed by atoms with Crippen molar-refractivity contribution < 1.29 is 0 Å². The van der Waals surface area contributed by atoms with Crippen LogP contribution in [0.15, 0.2) is 27.8 Å². The number of aromatic amines is 1. The highest BCUT2D eigenvalue weighted by molar-refractivity contribution is 9.10. The Bertz CT molecular complexity index is 501. The van der Waals surface area contributed by atoms with Crippen molar-refractivity contribution in [2.45, 2.75) is 31.2 Å². The molecule has 3 nitrogen and oxygen atoms in total. The number of nitrogens with zero attached hydrogens (tertiary/aromatic N) is 1. The summed E-state index contributed by atoms with van der Waals surface area (Å²) in [7, 11) is 0. The molecule has 1 heterocycles. The van der Waals surface area contributed by atoms with E-state index in [1.165, 1.54) is 4.90 Å². The molecule has 0 unspecified atom stereocenters. The number of nitrogens with one attached hydrogen (secondary N) is 2. The zero-order chi connectivity index (χ0) is 11.8. The first kappa shape index (κ1) is 12.0. The van der Waals surface area contributed by atoms with E-state index in [2.05, 4.69) is 63.5 Å². The van der Waals surface area contributed by atoms with E-state index >= 15 is 0 Å². The lowest BCUT2D eigenvalue weighted by atomic mass is 10.1. The standard InChI is InChI=1S/C11H14BrN3S/c1-11(2,3)15-16-7-4-8(12)10-9(5-7)13-6-14-10/h4-6,15H,1-3H3,(H,13,14). The molecule has 2 aromatic rings. The molecule has 0 saturated heterocycles. The van der Waals surface area contributed by atoms with E-state index in [-0.39, 0.29) is 5.54 Å². The molecule has 1 aromatic carbocycles. The van der Waals surface area contributed by atoms with E-state index in [0.717, 1.165) is 15.5 Å². The number of hydrogen-bond donors (Lipinski definition) is 2. The molecule has 0 aliphatic carbocycles. The Hall–Kier alpha value is -0.520. The smallest absolute Gasteiger partial charge is 0.102 e. The first-order valence-corrected chi connectivity index (χ1v) is 6.63. The Morgan fingerprint density at radius 1 is 1.38 bits per heavy atom. The SMILES string of the molecule is CC(C)(C)NSc1cc(Br)c2nc[nH]c2c1. The van der Waals surface area contributed by atoms with Crippen molar-refractivity contribution in [3.05, 3.63) is 22.9 Å². The van der Waals surface area contributed by atoms with Crippen LogP contribution in [0.2, 0.25) is 0 Å². The molecular formula is C11H14BrN3S. The van der Waals surface area contributed by atoms with Gasteiger partial charge in [0.25, 0.3) is 0 Å². The van der Waals surface area contributed by atoms with Gasteiger partial charge in [-0.2, -0.15) is 0 Å². The van der Waals surface area contributed by atoms with Gasteiger partial charge in [0.2, 0.25) is 0 Å². The molecule has 0 amide bonds. The van der Waals surface area contributed by atoms with Gasteiger partial charge in [0, 0.05) is 14.9 Å². The second-order valence-electron chi connectivity index (χ2n) is 4.66. The number of rotatable bonds is 2. The normalized spacial score (nSPS) is 12.2. The van der Waals surface area contributed by atoms with E-state index in [4.69, 9.17) is 0 Å². The minimum Gasteiger partial charge on any atom is -0.345 e. The summed E-state index contributed by atoms with van der Waals surface area (Å²) in [4.78, 5) is 8.52. The first-order chi connectivity index (χ1) is 7.46. The van der Waals surface area contributed by atoms with Crippen molar-refractivity contribution in [2.24, 2.45) is 0 Å². The lowest BCUT2D eigenvalue weighted by Gasteiger charge is -2.19. The van der Waals surface area contributed by atoms with Crippen molar-refractivity contribution >= 4 is 38.9 Å². The highest BCUT2D eigenvalue weighted by Gasteiger charge is 2.10. The molecule has 0 aliphatic heterocycles. The van der Waals surface area contributed by atoms with Gasteiger partial charge in [-0.05, 0) is 60.8 Å². The summed E-state index contributed by atoms with van der Waals surface area (Å²) < 4.78 is 4.40. The molecule has 0 atom stereocenters. The van der Waals surface area contributed by atoms with Crippen LogP contribution < -0.4 is 4.72 Å². The van der Waals surface area contributed by atoms with Crippen molar-refractivity contribution in [1.29, 1.82) is 0 Å². The summed E-state index contributed by atoms with van der Waals surface area (Å²) >= 11 is 5.16. The molecule has 1 aromatic heterocycles. The maximum atomic E-state index is 4.24. The number of H-pyrrole nitrogens is 1. The number of aromatic nitrogens is 2. The average molecular weight is 300 g/mol. The number of fused-ring (bicyclic) bond motifs is 1. The largest absolute Gasteiger partial charge is 0.345 e. The highest BCUT2D eigenvalue weighted by Crippen LogP contribution is 2.28. The summed E-state index contributed by atoms with van der Waals surface area (Å²) in [6.45, 7) is 6.43. The van der Waals surface area contributed by atoms with Gasteiger partial charge in [0.05, 0.1) is 11.8 Å². The van der Waals surface area contributed by atoms with Gasteiger partial charge < -0.3 is 4.98 Å². The number of imidazole rings is 1. The predicted octanol–water partition coefficient (Wildman–Crippen LogP) is 3.72. The van der Waals surface area contributed by atoms with Gasteiger partial charge in [-0.1, -0.05) is 0 Å². The maximum absolute atomic E-state index is 4.24. The van der Waals surface area contributed by atoms with E-state index in [1.807, 2.05) is 0 Å². The topological polar surface area (TPSA) is 40.7 Å². The molecule has 0 saturated carbocycles. The molecule has 2 N–H and O–H groups in total. The third-order valence-corrected chi connectivity index (χ3v) is 3.72. The van der Waals surface area contributed by atoms with Crippen molar-refractivity contribution in [2.75, 3.05) is 0 Å².